The maximum Gasteiger partial charge on any atom is 0.408 e. The molecule has 1 aromatic carbocycles. The zero-order valence-electron chi connectivity index (χ0n) is 14.6. The van der Waals surface area contributed by atoms with Gasteiger partial charge >= 0.3 is 12.1 Å². The van der Waals surface area contributed by atoms with Gasteiger partial charge in [0.15, 0.2) is 0 Å². The van der Waals surface area contributed by atoms with E-state index in [2.05, 4.69) is 10.6 Å². The summed E-state index contributed by atoms with van der Waals surface area (Å²) in [7, 11) is 0. The Morgan fingerprint density at radius 2 is 1.80 bits per heavy atom. The van der Waals surface area contributed by atoms with Crippen molar-refractivity contribution in [3.8, 4) is 0 Å². The summed E-state index contributed by atoms with van der Waals surface area (Å²) in [6.45, 7) is 4.13. The number of carbonyl (C=O) groups is 3. The molecule has 0 aliphatic rings. The van der Waals surface area contributed by atoms with Crippen molar-refractivity contribution >= 4 is 18.0 Å². The van der Waals surface area contributed by atoms with Crippen molar-refractivity contribution in [3.63, 3.8) is 0 Å². The summed E-state index contributed by atoms with van der Waals surface area (Å²) in [5, 5.41) is 13.8. The molecular weight excluding hydrogens is 328 g/mol. The average Bonchev–Trinajstić information content (AvgIpc) is 2.55. The minimum Gasteiger partial charge on any atom is -0.459 e. The molecule has 0 bridgehead atoms. The molecule has 8 nitrogen and oxygen atoms in total. The number of nitrogens with one attached hydrogen (secondary N) is 2. The van der Waals surface area contributed by atoms with Gasteiger partial charge in [-0.05, 0) is 26.3 Å². The fourth-order valence-corrected chi connectivity index (χ4v) is 1.76. The van der Waals surface area contributed by atoms with Gasteiger partial charge in [-0.25, -0.2) is 4.79 Å². The second-order valence-corrected chi connectivity index (χ2v) is 6.25. The molecule has 2 amide bonds. The average molecular weight is 352 g/mol. The van der Waals surface area contributed by atoms with Gasteiger partial charge < -0.3 is 25.2 Å². The summed E-state index contributed by atoms with van der Waals surface area (Å²) in [6.07, 6.45) is -0.852. The maximum atomic E-state index is 11.9. The van der Waals surface area contributed by atoms with Crippen LogP contribution in [0.1, 0.15) is 26.3 Å². The molecule has 0 fully saturated rings. The molecule has 1 rings (SSSR count). The first-order valence-corrected chi connectivity index (χ1v) is 7.79. The number of esters is 1. The summed E-state index contributed by atoms with van der Waals surface area (Å²) in [5.74, 6) is -1.34. The van der Waals surface area contributed by atoms with E-state index in [1.54, 1.807) is 45.0 Å². The number of rotatable bonds is 7. The normalized spacial score (nSPS) is 12.0. The largest absolute Gasteiger partial charge is 0.459 e. The second-order valence-electron chi connectivity index (χ2n) is 6.25. The highest BCUT2D eigenvalue weighted by atomic mass is 16.6. The number of alkyl carbamates (subject to hydrolysis) is 1. The predicted molar refractivity (Wildman–Crippen MR) is 89.5 cm³/mol. The standard InChI is InChI=1S/C17H24N2O6/c1-17(2,3)25-14(21)9-18-15(22)13(10-20)19-16(23)24-11-12-7-5-4-6-8-12/h4-8,13,20H,9-11H2,1-3H3,(H,18,22)(H,19,23)/t13-/m0/s1. The molecular formula is C17H24N2O6. The van der Waals surface area contributed by atoms with Gasteiger partial charge in [-0.1, -0.05) is 30.3 Å². The molecule has 8 heteroatoms. The molecule has 1 atom stereocenters. The van der Waals surface area contributed by atoms with Crippen molar-refractivity contribution in [2.24, 2.45) is 0 Å². The summed E-state index contributed by atoms with van der Waals surface area (Å²) >= 11 is 0. The van der Waals surface area contributed by atoms with Gasteiger partial charge in [0.1, 0.15) is 24.8 Å². The van der Waals surface area contributed by atoms with Crippen LogP contribution in [0, 0.1) is 0 Å². The molecule has 0 saturated heterocycles. The summed E-state index contributed by atoms with van der Waals surface area (Å²) in [5.41, 5.74) is 0.116. The number of hydrogen-bond donors (Lipinski definition) is 3. The van der Waals surface area contributed by atoms with E-state index in [0.717, 1.165) is 5.56 Å². The Morgan fingerprint density at radius 3 is 2.36 bits per heavy atom. The van der Waals surface area contributed by atoms with Gasteiger partial charge in [-0.15, -0.1) is 0 Å². The lowest BCUT2D eigenvalue weighted by Gasteiger charge is -2.20. The second kappa shape index (κ2) is 9.63. The fraction of sp³-hybridized carbons (Fsp3) is 0.471. The van der Waals surface area contributed by atoms with Crippen LogP contribution in [0.3, 0.4) is 0 Å². The topological polar surface area (TPSA) is 114 Å². The number of aliphatic hydroxyl groups excluding tert-OH is 1. The van der Waals surface area contributed by atoms with E-state index < -0.39 is 36.2 Å². The number of aliphatic hydroxyl groups is 1. The Morgan fingerprint density at radius 1 is 1.16 bits per heavy atom. The minimum atomic E-state index is -1.23. The third-order valence-corrected chi connectivity index (χ3v) is 2.83. The zero-order chi connectivity index (χ0) is 18.9. The van der Waals surface area contributed by atoms with Gasteiger partial charge in [0.05, 0.1) is 6.61 Å². The van der Waals surface area contributed by atoms with Crippen LogP contribution < -0.4 is 10.6 Å². The van der Waals surface area contributed by atoms with Crippen LogP contribution in [0.4, 0.5) is 4.79 Å². The van der Waals surface area contributed by atoms with E-state index in [4.69, 9.17) is 9.47 Å². The molecule has 0 aliphatic heterocycles. The Balaban J connectivity index is 2.39. The Bertz CT molecular complexity index is 583. The van der Waals surface area contributed by atoms with Crippen molar-refractivity contribution in [2.75, 3.05) is 13.2 Å². The Hall–Kier alpha value is -2.61. The number of ether oxygens (including phenoxy) is 2. The van der Waals surface area contributed by atoms with E-state index in [-0.39, 0.29) is 13.2 Å². The summed E-state index contributed by atoms with van der Waals surface area (Å²) < 4.78 is 10.0. The first-order chi connectivity index (χ1) is 11.7. The van der Waals surface area contributed by atoms with Crippen LogP contribution in [0.25, 0.3) is 0 Å². The number of carbonyl (C=O) groups excluding carboxylic acids is 3. The highest BCUT2D eigenvalue weighted by Crippen LogP contribution is 2.06. The van der Waals surface area contributed by atoms with Crippen molar-refractivity contribution in [1.82, 2.24) is 10.6 Å². The first kappa shape index (κ1) is 20.4. The number of benzene rings is 1. The maximum absolute atomic E-state index is 11.9. The molecule has 0 heterocycles. The molecule has 0 spiro atoms. The molecule has 0 aliphatic carbocycles. The molecule has 3 N–H and O–H groups in total. The highest BCUT2D eigenvalue weighted by Gasteiger charge is 2.22. The van der Waals surface area contributed by atoms with Crippen molar-refractivity contribution < 1.29 is 29.0 Å². The molecule has 138 valence electrons. The minimum absolute atomic E-state index is 0.0321. The van der Waals surface area contributed by atoms with Gasteiger partial charge in [-0.3, -0.25) is 9.59 Å². The van der Waals surface area contributed by atoms with Crippen LogP contribution in [0.15, 0.2) is 30.3 Å². The molecule has 1 aromatic rings. The van der Waals surface area contributed by atoms with Crippen LogP contribution in [-0.4, -0.2) is 47.9 Å². The molecule has 0 unspecified atom stereocenters. The van der Waals surface area contributed by atoms with Gasteiger partial charge in [0, 0.05) is 0 Å². The third-order valence-electron chi connectivity index (χ3n) is 2.83. The molecule has 0 radical (unpaired) electrons. The SMILES string of the molecule is CC(C)(C)OC(=O)CNC(=O)[C@H](CO)NC(=O)OCc1ccccc1. The third kappa shape index (κ3) is 8.71. The monoisotopic (exact) mass is 352 g/mol. The summed E-state index contributed by atoms with van der Waals surface area (Å²) in [4.78, 5) is 35.1. The van der Waals surface area contributed by atoms with Crippen molar-refractivity contribution in [3.05, 3.63) is 35.9 Å². The van der Waals surface area contributed by atoms with E-state index in [0.29, 0.717) is 0 Å². The predicted octanol–water partition coefficient (Wildman–Crippen LogP) is 0.732. The fourth-order valence-electron chi connectivity index (χ4n) is 1.76. The zero-order valence-corrected chi connectivity index (χ0v) is 14.6. The first-order valence-electron chi connectivity index (χ1n) is 7.79. The highest BCUT2D eigenvalue weighted by molar-refractivity contribution is 5.88. The lowest BCUT2D eigenvalue weighted by Crippen LogP contribution is -2.50. The molecule has 0 aromatic heterocycles. The number of hydrogen-bond acceptors (Lipinski definition) is 6. The quantitative estimate of drug-likeness (QED) is 0.624. The number of amides is 2. The smallest absolute Gasteiger partial charge is 0.408 e. The van der Waals surface area contributed by atoms with E-state index in [9.17, 15) is 19.5 Å². The van der Waals surface area contributed by atoms with Crippen LogP contribution in [0.2, 0.25) is 0 Å². The molecule has 25 heavy (non-hydrogen) atoms. The van der Waals surface area contributed by atoms with Gasteiger partial charge in [0.2, 0.25) is 5.91 Å². The van der Waals surface area contributed by atoms with E-state index >= 15 is 0 Å². The van der Waals surface area contributed by atoms with E-state index in [1.165, 1.54) is 0 Å². The van der Waals surface area contributed by atoms with Gasteiger partial charge in [0.25, 0.3) is 0 Å². The Labute approximate surface area is 146 Å². The lowest BCUT2D eigenvalue weighted by molar-refractivity contribution is -0.154. The molecule has 0 saturated carbocycles. The summed E-state index contributed by atoms with van der Waals surface area (Å²) in [6, 6.07) is 7.77. The van der Waals surface area contributed by atoms with Crippen LogP contribution in [-0.2, 0) is 25.7 Å². The lowest BCUT2D eigenvalue weighted by atomic mass is 10.2. The van der Waals surface area contributed by atoms with E-state index in [1.807, 2.05) is 6.07 Å². The van der Waals surface area contributed by atoms with Gasteiger partial charge in [-0.2, -0.15) is 0 Å². The van der Waals surface area contributed by atoms with Crippen molar-refractivity contribution in [1.29, 1.82) is 0 Å². The van der Waals surface area contributed by atoms with Crippen LogP contribution in [0.5, 0.6) is 0 Å². The Kier molecular flexibility index (Phi) is 7.87. The van der Waals surface area contributed by atoms with Crippen LogP contribution >= 0.6 is 0 Å². The van der Waals surface area contributed by atoms with Crippen molar-refractivity contribution in [2.45, 2.75) is 39.0 Å².